The highest BCUT2D eigenvalue weighted by Crippen LogP contribution is 2.28. The van der Waals surface area contributed by atoms with Crippen molar-refractivity contribution in [3.63, 3.8) is 0 Å². The highest BCUT2D eigenvalue weighted by atomic mass is 32.1. The van der Waals surface area contributed by atoms with Gasteiger partial charge in [0.25, 0.3) is 0 Å². The molecule has 1 aliphatic rings. The molecular formula is C12H19N3OS. The second-order valence-electron chi connectivity index (χ2n) is 4.76. The first kappa shape index (κ1) is 12.4. The van der Waals surface area contributed by atoms with E-state index in [0.717, 1.165) is 36.5 Å². The van der Waals surface area contributed by atoms with Crippen LogP contribution >= 0.6 is 11.3 Å². The molecule has 4 nitrogen and oxygen atoms in total. The Balaban J connectivity index is 1.88. The summed E-state index contributed by atoms with van der Waals surface area (Å²) in [5.74, 6) is -0.0720. The molecule has 1 fully saturated rings. The molecule has 0 bridgehead atoms. The number of carbonyl (C=O) groups is 1. The molecule has 0 unspecified atom stereocenters. The van der Waals surface area contributed by atoms with Crippen molar-refractivity contribution in [1.82, 2.24) is 4.98 Å². The van der Waals surface area contributed by atoms with E-state index in [1.165, 1.54) is 4.88 Å². The highest BCUT2D eigenvalue weighted by molar-refractivity contribution is 7.15. The Kier molecular flexibility index (Phi) is 3.66. The number of aromatic nitrogens is 1. The van der Waals surface area contributed by atoms with Gasteiger partial charge in [0.2, 0.25) is 5.91 Å². The number of anilines is 1. The molecule has 1 heterocycles. The van der Waals surface area contributed by atoms with Gasteiger partial charge in [0.05, 0.1) is 5.69 Å². The molecule has 5 heteroatoms. The van der Waals surface area contributed by atoms with Crippen molar-refractivity contribution in [2.45, 2.75) is 45.6 Å². The standard InChI is InChI=1S/C12H19N3OS/c1-7-8(2)17-12(14-7)15-10-5-3-9(4-6-10)11(13)16/h9-10H,3-6H2,1-2H3,(H2,13,16)(H,14,15). The van der Waals surface area contributed by atoms with Gasteiger partial charge in [0, 0.05) is 16.8 Å². The average Bonchev–Trinajstić information content (AvgIpc) is 2.58. The molecule has 3 N–H and O–H groups in total. The van der Waals surface area contributed by atoms with E-state index in [-0.39, 0.29) is 11.8 Å². The predicted octanol–water partition coefficient (Wildman–Crippen LogP) is 2.22. The first-order chi connectivity index (χ1) is 8.06. The number of thiazole rings is 1. The fourth-order valence-electron chi connectivity index (χ4n) is 2.23. The molecule has 1 saturated carbocycles. The summed E-state index contributed by atoms with van der Waals surface area (Å²) in [7, 11) is 0. The maximum absolute atomic E-state index is 11.1. The number of hydrogen-bond donors (Lipinski definition) is 2. The molecule has 2 rings (SSSR count). The largest absolute Gasteiger partial charge is 0.369 e. The molecule has 0 aromatic carbocycles. The van der Waals surface area contributed by atoms with E-state index in [1.54, 1.807) is 11.3 Å². The Morgan fingerprint density at radius 1 is 1.35 bits per heavy atom. The summed E-state index contributed by atoms with van der Waals surface area (Å²) in [5.41, 5.74) is 6.42. The molecule has 0 radical (unpaired) electrons. The first-order valence-electron chi connectivity index (χ1n) is 6.06. The van der Waals surface area contributed by atoms with E-state index in [4.69, 9.17) is 5.73 Å². The van der Waals surface area contributed by atoms with Crippen LogP contribution in [0.4, 0.5) is 5.13 Å². The van der Waals surface area contributed by atoms with Crippen LogP contribution in [0.2, 0.25) is 0 Å². The molecule has 0 spiro atoms. The quantitative estimate of drug-likeness (QED) is 0.868. The second-order valence-corrected chi connectivity index (χ2v) is 5.96. The van der Waals surface area contributed by atoms with Crippen LogP contribution in [-0.2, 0) is 4.79 Å². The number of primary amides is 1. The minimum Gasteiger partial charge on any atom is -0.369 e. The van der Waals surface area contributed by atoms with Gasteiger partial charge >= 0.3 is 0 Å². The summed E-state index contributed by atoms with van der Waals surface area (Å²) in [6, 6.07) is 0.440. The van der Waals surface area contributed by atoms with Crippen molar-refractivity contribution in [3.8, 4) is 0 Å². The van der Waals surface area contributed by atoms with Crippen LogP contribution in [0.25, 0.3) is 0 Å². The van der Waals surface area contributed by atoms with Gasteiger partial charge in [0.15, 0.2) is 5.13 Å². The predicted molar refractivity (Wildman–Crippen MR) is 70.2 cm³/mol. The summed E-state index contributed by atoms with van der Waals surface area (Å²) in [5, 5.41) is 4.46. The van der Waals surface area contributed by atoms with Crippen LogP contribution in [0.5, 0.6) is 0 Å². The summed E-state index contributed by atoms with van der Waals surface area (Å²) in [4.78, 5) is 16.8. The lowest BCUT2D eigenvalue weighted by Gasteiger charge is -2.27. The third-order valence-electron chi connectivity index (χ3n) is 3.49. The van der Waals surface area contributed by atoms with Gasteiger partial charge in [-0.25, -0.2) is 4.98 Å². The van der Waals surface area contributed by atoms with Crippen LogP contribution in [0.1, 0.15) is 36.3 Å². The van der Waals surface area contributed by atoms with Crippen molar-refractivity contribution in [1.29, 1.82) is 0 Å². The molecule has 94 valence electrons. The van der Waals surface area contributed by atoms with Gasteiger partial charge in [-0.2, -0.15) is 0 Å². The first-order valence-corrected chi connectivity index (χ1v) is 6.88. The lowest BCUT2D eigenvalue weighted by Crippen LogP contribution is -2.32. The number of nitrogens with two attached hydrogens (primary N) is 1. The molecule has 0 atom stereocenters. The van der Waals surface area contributed by atoms with Crippen molar-refractivity contribution in [2.24, 2.45) is 11.7 Å². The van der Waals surface area contributed by atoms with Crippen molar-refractivity contribution in [2.75, 3.05) is 5.32 Å². The van der Waals surface area contributed by atoms with Crippen molar-refractivity contribution < 1.29 is 4.79 Å². The third kappa shape index (κ3) is 2.97. The fourth-order valence-corrected chi connectivity index (χ4v) is 3.12. The summed E-state index contributed by atoms with van der Waals surface area (Å²) < 4.78 is 0. The maximum atomic E-state index is 11.1. The van der Waals surface area contributed by atoms with Gasteiger partial charge in [-0.3, -0.25) is 4.79 Å². The van der Waals surface area contributed by atoms with Gasteiger partial charge < -0.3 is 11.1 Å². The fraction of sp³-hybridized carbons (Fsp3) is 0.667. The zero-order valence-electron chi connectivity index (χ0n) is 10.3. The Labute approximate surface area is 106 Å². The van der Waals surface area contributed by atoms with E-state index in [1.807, 2.05) is 6.92 Å². The van der Waals surface area contributed by atoms with Crippen LogP contribution in [0.3, 0.4) is 0 Å². The van der Waals surface area contributed by atoms with Crippen molar-refractivity contribution in [3.05, 3.63) is 10.6 Å². The number of carbonyl (C=O) groups excluding carboxylic acids is 1. The van der Waals surface area contributed by atoms with Gasteiger partial charge in [-0.15, -0.1) is 11.3 Å². The van der Waals surface area contributed by atoms with E-state index >= 15 is 0 Å². The zero-order chi connectivity index (χ0) is 12.4. The van der Waals surface area contributed by atoms with Crippen molar-refractivity contribution >= 4 is 22.4 Å². The molecule has 1 aromatic heterocycles. The Morgan fingerprint density at radius 3 is 2.47 bits per heavy atom. The van der Waals surface area contributed by atoms with Crippen LogP contribution in [0, 0.1) is 19.8 Å². The number of aryl methyl sites for hydroxylation is 2. The van der Waals surface area contributed by atoms with E-state index in [9.17, 15) is 4.79 Å². The zero-order valence-corrected chi connectivity index (χ0v) is 11.1. The van der Waals surface area contributed by atoms with Gasteiger partial charge in [0.1, 0.15) is 0 Å². The molecule has 0 saturated heterocycles. The second kappa shape index (κ2) is 5.04. The molecule has 1 aromatic rings. The molecule has 1 aliphatic carbocycles. The number of rotatable bonds is 3. The minimum atomic E-state index is -0.149. The van der Waals surface area contributed by atoms with E-state index in [0.29, 0.717) is 6.04 Å². The number of amides is 1. The average molecular weight is 253 g/mol. The molecule has 17 heavy (non-hydrogen) atoms. The Morgan fingerprint density at radius 2 is 2.00 bits per heavy atom. The number of hydrogen-bond acceptors (Lipinski definition) is 4. The molecular weight excluding hydrogens is 234 g/mol. The third-order valence-corrected chi connectivity index (χ3v) is 4.49. The normalized spacial score (nSPS) is 24.6. The van der Waals surface area contributed by atoms with Crippen LogP contribution in [0.15, 0.2) is 0 Å². The SMILES string of the molecule is Cc1nc(NC2CCC(C(N)=O)CC2)sc1C. The Hall–Kier alpha value is -1.10. The number of nitrogens with zero attached hydrogens (tertiary/aromatic N) is 1. The minimum absolute atomic E-state index is 0.0767. The lowest BCUT2D eigenvalue weighted by molar-refractivity contribution is -0.122. The monoisotopic (exact) mass is 253 g/mol. The molecule has 1 amide bonds. The summed E-state index contributed by atoms with van der Waals surface area (Å²) in [6.07, 6.45) is 3.81. The highest BCUT2D eigenvalue weighted by Gasteiger charge is 2.25. The lowest BCUT2D eigenvalue weighted by atomic mass is 9.86. The molecule has 0 aliphatic heterocycles. The smallest absolute Gasteiger partial charge is 0.220 e. The topological polar surface area (TPSA) is 68.0 Å². The van der Waals surface area contributed by atoms with Gasteiger partial charge in [-0.05, 0) is 39.5 Å². The van der Waals surface area contributed by atoms with E-state index in [2.05, 4.69) is 17.2 Å². The summed E-state index contributed by atoms with van der Waals surface area (Å²) >= 11 is 1.70. The van der Waals surface area contributed by atoms with Crippen LogP contribution in [-0.4, -0.2) is 16.9 Å². The number of nitrogens with one attached hydrogen (secondary N) is 1. The van der Waals surface area contributed by atoms with Gasteiger partial charge in [-0.1, -0.05) is 0 Å². The summed E-state index contributed by atoms with van der Waals surface area (Å²) in [6.45, 7) is 4.11. The van der Waals surface area contributed by atoms with Crippen LogP contribution < -0.4 is 11.1 Å². The maximum Gasteiger partial charge on any atom is 0.220 e. The van der Waals surface area contributed by atoms with E-state index < -0.39 is 0 Å². The Bertz CT molecular complexity index is 388.